The topological polar surface area (TPSA) is 25.4 Å². The Morgan fingerprint density at radius 1 is 1.18 bits per heavy atom. The molecule has 3 heteroatoms. The van der Waals surface area contributed by atoms with Gasteiger partial charge in [-0.1, -0.05) is 30.3 Å². The zero-order valence-electron chi connectivity index (χ0n) is 13.0. The number of nitrogens with zero attached hydrogens (tertiary/aromatic N) is 2. The minimum atomic E-state index is 0.610. The minimum absolute atomic E-state index is 0.610. The summed E-state index contributed by atoms with van der Waals surface area (Å²) in [6.07, 6.45) is 10.5. The molecule has 0 unspecified atom stereocenters. The molecule has 1 saturated heterocycles. The average molecular weight is 294 g/mol. The number of rotatable bonds is 1. The summed E-state index contributed by atoms with van der Waals surface area (Å²) < 4.78 is 5.34. The van der Waals surface area contributed by atoms with Crippen molar-refractivity contribution in [3.8, 4) is 5.75 Å². The van der Waals surface area contributed by atoms with Gasteiger partial charge in [-0.3, -0.25) is 9.88 Å². The van der Waals surface area contributed by atoms with Gasteiger partial charge in [-0.2, -0.15) is 0 Å². The van der Waals surface area contributed by atoms with Crippen molar-refractivity contribution in [2.75, 3.05) is 20.2 Å². The van der Waals surface area contributed by atoms with Gasteiger partial charge in [0, 0.05) is 24.0 Å². The summed E-state index contributed by atoms with van der Waals surface area (Å²) >= 11 is 0. The molecule has 2 aromatic rings. The number of ether oxygens (including phenoxy) is 1. The maximum absolute atomic E-state index is 5.34. The fourth-order valence-corrected chi connectivity index (χ4v) is 2.97. The molecule has 0 spiro atoms. The van der Waals surface area contributed by atoms with Crippen LogP contribution in [0.1, 0.15) is 30.0 Å². The Bertz CT molecular complexity index is 624. The summed E-state index contributed by atoms with van der Waals surface area (Å²) in [5.74, 6) is 0.991. The number of aromatic nitrogens is 1. The third-order valence-electron chi connectivity index (χ3n) is 4.14. The Balaban J connectivity index is 0.000000133. The average Bonchev–Trinajstić information content (AvgIpc) is 3.02. The second kappa shape index (κ2) is 7.23. The van der Waals surface area contributed by atoms with Crippen LogP contribution in [0.4, 0.5) is 0 Å². The minimum Gasteiger partial charge on any atom is -0.489 e. The summed E-state index contributed by atoms with van der Waals surface area (Å²) in [5, 5.41) is 0. The van der Waals surface area contributed by atoms with Gasteiger partial charge < -0.3 is 4.74 Å². The van der Waals surface area contributed by atoms with Crippen LogP contribution in [0.2, 0.25) is 0 Å². The Hall–Kier alpha value is -2.13. The molecule has 0 N–H and O–H groups in total. The largest absolute Gasteiger partial charge is 0.489 e. The van der Waals surface area contributed by atoms with E-state index in [9.17, 15) is 0 Å². The monoisotopic (exact) mass is 294 g/mol. The van der Waals surface area contributed by atoms with Crippen molar-refractivity contribution in [3.63, 3.8) is 0 Å². The molecule has 0 aliphatic carbocycles. The molecule has 4 rings (SSSR count). The smallest absolute Gasteiger partial charge is 0.126 e. The predicted molar refractivity (Wildman–Crippen MR) is 89.8 cm³/mol. The molecule has 0 saturated carbocycles. The lowest BCUT2D eigenvalue weighted by Crippen LogP contribution is -2.17. The summed E-state index contributed by atoms with van der Waals surface area (Å²) in [5.41, 5.74) is 2.53. The van der Waals surface area contributed by atoms with Crippen LogP contribution < -0.4 is 4.74 Å². The van der Waals surface area contributed by atoms with E-state index < -0.39 is 0 Å². The molecule has 0 amide bonds. The van der Waals surface area contributed by atoms with Gasteiger partial charge >= 0.3 is 0 Å². The van der Waals surface area contributed by atoms with Crippen molar-refractivity contribution >= 4 is 6.08 Å². The van der Waals surface area contributed by atoms with Crippen LogP contribution >= 0.6 is 0 Å². The van der Waals surface area contributed by atoms with E-state index in [0.717, 1.165) is 5.75 Å². The molecule has 3 nitrogen and oxygen atoms in total. The fraction of sp³-hybridized carbons (Fsp3) is 0.316. The quantitative estimate of drug-likeness (QED) is 0.796. The van der Waals surface area contributed by atoms with Crippen LogP contribution in [-0.4, -0.2) is 30.1 Å². The molecule has 1 aromatic heterocycles. The second-order valence-corrected chi connectivity index (χ2v) is 5.68. The van der Waals surface area contributed by atoms with E-state index in [1.165, 1.54) is 30.5 Å². The maximum Gasteiger partial charge on any atom is 0.126 e. The number of benzene rings is 1. The standard InChI is InChI=1S/C10H14N2.C9H8O/c1-12-7-3-5-10(12)9-4-2-6-11-8-9;1-2-6-9-8(4-1)5-3-7-10-9/h2,4,6,8,10H,3,5,7H2,1H3;1-6H,7H2/t10-;/m0./s1. The second-order valence-electron chi connectivity index (χ2n) is 5.68. The normalized spacial score (nSPS) is 19.8. The van der Waals surface area contributed by atoms with Crippen LogP contribution in [0.25, 0.3) is 6.08 Å². The first-order valence-electron chi connectivity index (χ1n) is 7.83. The van der Waals surface area contributed by atoms with Gasteiger partial charge in [0.1, 0.15) is 12.4 Å². The van der Waals surface area contributed by atoms with Gasteiger partial charge in [-0.15, -0.1) is 0 Å². The zero-order valence-corrected chi connectivity index (χ0v) is 13.0. The van der Waals surface area contributed by atoms with Crippen molar-refractivity contribution in [3.05, 3.63) is 66.0 Å². The van der Waals surface area contributed by atoms with E-state index in [-0.39, 0.29) is 0 Å². The summed E-state index contributed by atoms with van der Waals surface area (Å²) in [6.45, 7) is 1.93. The van der Waals surface area contributed by atoms with E-state index in [1.54, 1.807) is 0 Å². The van der Waals surface area contributed by atoms with Gasteiger partial charge in [0.15, 0.2) is 0 Å². The number of hydrogen-bond acceptors (Lipinski definition) is 3. The van der Waals surface area contributed by atoms with Crippen LogP contribution in [0.5, 0.6) is 5.75 Å². The van der Waals surface area contributed by atoms with E-state index in [2.05, 4.69) is 29.1 Å². The number of pyridine rings is 1. The van der Waals surface area contributed by atoms with Crippen LogP contribution in [0.15, 0.2) is 54.9 Å². The van der Waals surface area contributed by atoms with E-state index >= 15 is 0 Å². The first-order valence-corrected chi connectivity index (χ1v) is 7.83. The highest BCUT2D eigenvalue weighted by atomic mass is 16.5. The summed E-state index contributed by atoms with van der Waals surface area (Å²) in [7, 11) is 2.19. The Morgan fingerprint density at radius 3 is 2.82 bits per heavy atom. The Kier molecular flexibility index (Phi) is 4.86. The third-order valence-corrected chi connectivity index (χ3v) is 4.14. The molecule has 1 atom stereocenters. The van der Waals surface area contributed by atoms with E-state index in [4.69, 9.17) is 4.74 Å². The van der Waals surface area contributed by atoms with Gasteiger partial charge in [0.05, 0.1) is 0 Å². The van der Waals surface area contributed by atoms with Crippen LogP contribution in [0, 0.1) is 0 Å². The molecule has 2 aliphatic heterocycles. The highest BCUT2D eigenvalue weighted by molar-refractivity contribution is 5.58. The van der Waals surface area contributed by atoms with Crippen molar-refractivity contribution in [1.29, 1.82) is 0 Å². The van der Waals surface area contributed by atoms with Gasteiger partial charge in [0.25, 0.3) is 0 Å². The van der Waals surface area contributed by atoms with Crippen molar-refractivity contribution in [1.82, 2.24) is 9.88 Å². The number of hydrogen-bond donors (Lipinski definition) is 0. The Labute approximate surface area is 132 Å². The number of fused-ring (bicyclic) bond motifs is 1. The highest BCUT2D eigenvalue weighted by Gasteiger charge is 2.21. The van der Waals surface area contributed by atoms with Gasteiger partial charge in [0.2, 0.25) is 0 Å². The molecule has 1 aromatic carbocycles. The molecule has 2 aliphatic rings. The first kappa shape index (κ1) is 14.8. The molecule has 0 radical (unpaired) electrons. The van der Waals surface area contributed by atoms with E-state index in [1.807, 2.05) is 48.8 Å². The van der Waals surface area contributed by atoms with Crippen molar-refractivity contribution < 1.29 is 4.74 Å². The van der Waals surface area contributed by atoms with Crippen molar-refractivity contribution in [2.24, 2.45) is 0 Å². The molecule has 22 heavy (non-hydrogen) atoms. The fourth-order valence-electron chi connectivity index (χ4n) is 2.97. The molecule has 114 valence electrons. The molecule has 1 fully saturated rings. The lowest BCUT2D eigenvalue weighted by Gasteiger charge is -2.18. The van der Waals surface area contributed by atoms with E-state index in [0.29, 0.717) is 12.6 Å². The highest BCUT2D eigenvalue weighted by Crippen LogP contribution is 2.29. The third kappa shape index (κ3) is 3.55. The van der Waals surface area contributed by atoms with Crippen LogP contribution in [0.3, 0.4) is 0 Å². The lowest BCUT2D eigenvalue weighted by molar-refractivity contribution is 0.317. The molecular weight excluding hydrogens is 272 g/mol. The molecule has 0 bridgehead atoms. The summed E-state index contributed by atoms with van der Waals surface area (Å²) in [6, 6.07) is 12.8. The first-order chi connectivity index (χ1) is 10.8. The zero-order chi connectivity index (χ0) is 15.2. The van der Waals surface area contributed by atoms with Gasteiger partial charge in [-0.05, 0) is 50.2 Å². The number of para-hydroxylation sites is 1. The van der Waals surface area contributed by atoms with Crippen molar-refractivity contribution in [2.45, 2.75) is 18.9 Å². The molecule has 3 heterocycles. The van der Waals surface area contributed by atoms with Crippen LogP contribution in [-0.2, 0) is 0 Å². The summed E-state index contributed by atoms with van der Waals surface area (Å²) in [4.78, 5) is 6.54. The van der Waals surface area contributed by atoms with Gasteiger partial charge in [-0.25, -0.2) is 0 Å². The number of likely N-dealkylation sites (tertiary alicyclic amines) is 1. The lowest BCUT2D eigenvalue weighted by atomic mass is 10.1. The maximum atomic E-state index is 5.34. The Morgan fingerprint density at radius 2 is 2.09 bits per heavy atom. The molecular formula is C19H22N2O. The SMILES string of the molecule is C1=Cc2ccccc2OC1.CN1CCC[C@H]1c1cccnc1. The predicted octanol–water partition coefficient (Wildman–Crippen LogP) is 3.94.